The van der Waals surface area contributed by atoms with Crippen LogP contribution in [0.1, 0.15) is 39.1 Å². The van der Waals surface area contributed by atoms with Crippen molar-refractivity contribution >= 4 is 17.5 Å². The van der Waals surface area contributed by atoms with Gasteiger partial charge in [0.1, 0.15) is 0 Å². The summed E-state index contributed by atoms with van der Waals surface area (Å²) in [4.78, 5) is 27.7. The molecule has 0 radical (unpaired) electrons. The number of nitrogens with one attached hydrogen (secondary N) is 2. The summed E-state index contributed by atoms with van der Waals surface area (Å²) < 4.78 is 10.9. The Bertz CT molecular complexity index is 888. The van der Waals surface area contributed by atoms with Gasteiger partial charge in [0.05, 0.1) is 30.6 Å². The van der Waals surface area contributed by atoms with Crippen molar-refractivity contribution in [2.75, 3.05) is 44.8 Å². The number of anilines is 1. The van der Waals surface area contributed by atoms with Crippen molar-refractivity contribution in [3.63, 3.8) is 0 Å². The van der Waals surface area contributed by atoms with E-state index in [1.165, 1.54) is 0 Å². The van der Waals surface area contributed by atoms with E-state index in [1.807, 2.05) is 24.3 Å². The van der Waals surface area contributed by atoms with Crippen LogP contribution in [-0.4, -0.2) is 62.3 Å². The monoisotopic (exact) mass is 423 g/mol. The van der Waals surface area contributed by atoms with Crippen LogP contribution in [0.25, 0.3) is 0 Å². The fourth-order valence-corrected chi connectivity index (χ4v) is 3.87. The predicted molar refractivity (Wildman–Crippen MR) is 118 cm³/mol. The van der Waals surface area contributed by atoms with E-state index < -0.39 is 0 Å². The zero-order valence-electron chi connectivity index (χ0n) is 17.6. The topological polar surface area (TPSA) is 79.9 Å². The van der Waals surface area contributed by atoms with E-state index in [1.54, 1.807) is 24.3 Å². The smallest absolute Gasteiger partial charge is 0.255 e. The number of carbonyl (C=O) groups is 2. The summed E-state index contributed by atoms with van der Waals surface area (Å²) in [7, 11) is 0. The lowest BCUT2D eigenvalue weighted by atomic mass is 10.1. The molecule has 4 rings (SSSR count). The standard InChI is InChI=1S/C24H29N3O4/c28-23(19-9-7-18(8-10-19)17-27-11-14-30-15-12-27)26-22-6-2-1-5-21(22)24(29)25-16-20-4-3-13-31-20/h1-2,5-10,20H,3-4,11-17H2,(H,25,29)(H,26,28)/t20-/m0/s1. The first kappa shape index (κ1) is 21.5. The molecule has 7 heteroatoms. The molecule has 0 spiro atoms. The second-order valence-electron chi connectivity index (χ2n) is 7.93. The third-order valence-corrected chi connectivity index (χ3v) is 5.66. The Morgan fingerprint density at radius 2 is 1.74 bits per heavy atom. The van der Waals surface area contributed by atoms with Gasteiger partial charge in [0.15, 0.2) is 0 Å². The summed E-state index contributed by atoms with van der Waals surface area (Å²) in [6.07, 6.45) is 2.06. The molecule has 0 bridgehead atoms. The molecular weight excluding hydrogens is 394 g/mol. The van der Waals surface area contributed by atoms with E-state index in [-0.39, 0.29) is 17.9 Å². The number of hydrogen-bond donors (Lipinski definition) is 2. The van der Waals surface area contributed by atoms with Crippen LogP contribution in [0.3, 0.4) is 0 Å². The average molecular weight is 424 g/mol. The van der Waals surface area contributed by atoms with E-state index in [0.29, 0.717) is 23.4 Å². The van der Waals surface area contributed by atoms with Crippen LogP contribution in [0.4, 0.5) is 5.69 Å². The number of para-hydroxylation sites is 1. The van der Waals surface area contributed by atoms with Gasteiger partial charge in [-0.1, -0.05) is 24.3 Å². The Labute approximate surface area is 182 Å². The summed E-state index contributed by atoms with van der Waals surface area (Å²) in [6.45, 7) is 5.45. The van der Waals surface area contributed by atoms with E-state index in [4.69, 9.17) is 9.47 Å². The molecule has 1 atom stereocenters. The molecule has 2 heterocycles. The number of benzene rings is 2. The van der Waals surface area contributed by atoms with Gasteiger partial charge in [-0.15, -0.1) is 0 Å². The van der Waals surface area contributed by atoms with Gasteiger partial charge in [-0.05, 0) is 42.7 Å². The maximum absolute atomic E-state index is 12.8. The number of rotatable bonds is 7. The lowest BCUT2D eigenvalue weighted by Crippen LogP contribution is -2.35. The first-order valence-electron chi connectivity index (χ1n) is 10.9. The highest BCUT2D eigenvalue weighted by atomic mass is 16.5. The minimum absolute atomic E-state index is 0.0710. The Morgan fingerprint density at radius 1 is 0.968 bits per heavy atom. The quantitative estimate of drug-likeness (QED) is 0.716. The molecule has 31 heavy (non-hydrogen) atoms. The van der Waals surface area contributed by atoms with E-state index in [0.717, 1.165) is 57.9 Å². The number of carbonyl (C=O) groups excluding carboxylic acids is 2. The largest absolute Gasteiger partial charge is 0.379 e. The first-order valence-corrected chi connectivity index (χ1v) is 10.9. The lowest BCUT2D eigenvalue weighted by Gasteiger charge is -2.26. The second-order valence-corrected chi connectivity index (χ2v) is 7.93. The maximum atomic E-state index is 12.8. The van der Waals surface area contributed by atoms with E-state index in [2.05, 4.69) is 15.5 Å². The molecule has 2 aliphatic rings. The van der Waals surface area contributed by atoms with Crippen molar-refractivity contribution in [1.82, 2.24) is 10.2 Å². The summed E-state index contributed by atoms with van der Waals surface area (Å²) in [5.41, 5.74) is 2.65. The number of amides is 2. The molecule has 2 fully saturated rings. The van der Waals surface area contributed by atoms with Gasteiger partial charge in [0, 0.05) is 38.3 Å². The van der Waals surface area contributed by atoms with E-state index >= 15 is 0 Å². The number of hydrogen-bond acceptors (Lipinski definition) is 5. The molecule has 2 aliphatic heterocycles. The van der Waals surface area contributed by atoms with Crippen LogP contribution in [0, 0.1) is 0 Å². The molecular formula is C24H29N3O4. The van der Waals surface area contributed by atoms with E-state index in [9.17, 15) is 9.59 Å². The Balaban J connectivity index is 1.36. The van der Waals surface area contributed by atoms with Gasteiger partial charge in [-0.3, -0.25) is 14.5 Å². The summed E-state index contributed by atoms with van der Waals surface area (Å²) in [5, 5.41) is 5.79. The van der Waals surface area contributed by atoms with Crippen LogP contribution >= 0.6 is 0 Å². The normalized spacial score (nSPS) is 19.2. The second kappa shape index (κ2) is 10.5. The molecule has 0 aromatic heterocycles. The van der Waals surface area contributed by atoms with Crippen LogP contribution in [0.5, 0.6) is 0 Å². The Morgan fingerprint density at radius 3 is 2.48 bits per heavy atom. The third kappa shape index (κ3) is 5.91. The van der Waals surface area contributed by atoms with Gasteiger partial charge < -0.3 is 20.1 Å². The van der Waals surface area contributed by atoms with Gasteiger partial charge in [-0.25, -0.2) is 0 Å². The van der Waals surface area contributed by atoms with Gasteiger partial charge >= 0.3 is 0 Å². The van der Waals surface area contributed by atoms with Crippen molar-refractivity contribution < 1.29 is 19.1 Å². The minimum Gasteiger partial charge on any atom is -0.379 e. The van der Waals surface area contributed by atoms with Gasteiger partial charge in [0.2, 0.25) is 0 Å². The zero-order valence-corrected chi connectivity index (χ0v) is 17.6. The van der Waals surface area contributed by atoms with Crippen LogP contribution in [0.2, 0.25) is 0 Å². The van der Waals surface area contributed by atoms with Crippen LogP contribution in [0.15, 0.2) is 48.5 Å². The van der Waals surface area contributed by atoms with Crippen molar-refractivity contribution in [3.05, 3.63) is 65.2 Å². The Kier molecular flexibility index (Phi) is 7.30. The lowest BCUT2D eigenvalue weighted by molar-refractivity contribution is 0.0342. The van der Waals surface area contributed by atoms with Crippen LogP contribution in [-0.2, 0) is 16.0 Å². The third-order valence-electron chi connectivity index (χ3n) is 5.66. The maximum Gasteiger partial charge on any atom is 0.255 e. The molecule has 2 aromatic rings. The summed E-state index contributed by atoms with van der Waals surface area (Å²) >= 11 is 0. The van der Waals surface area contributed by atoms with Crippen molar-refractivity contribution in [2.45, 2.75) is 25.5 Å². The fourth-order valence-electron chi connectivity index (χ4n) is 3.87. The SMILES string of the molecule is O=C(Nc1ccccc1C(=O)NC[C@@H]1CCCO1)c1ccc(CN2CCOCC2)cc1. The highest BCUT2D eigenvalue weighted by Gasteiger charge is 2.19. The fraction of sp³-hybridized carbons (Fsp3) is 0.417. The molecule has 2 aromatic carbocycles. The molecule has 164 valence electrons. The molecule has 0 aliphatic carbocycles. The molecule has 2 N–H and O–H groups in total. The predicted octanol–water partition coefficient (Wildman–Crippen LogP) is 2.68. The molecule has 0 saturated carbocycles. The van der Waals surface area contributed by atoms with Crippen molar-refractivity contribution in [1.29, 1.82) is 0 Å². The minimum atomic E-state index is -0.239. The summed E-state index contributed by atoms with van der Waals surface area (Å²) in [5.74, 6) is -0.454. The van der Waals surface area contributed by atoms with Crippen molar-refractivity contribution in [3.8, 4) is 0 Å². The average Bonchev–Trinajstić information content (AvgIpc) is 3.33. The highest BCUT2D eigenvalue weighted by molar-refractivity contribution is 6.09. The molecule has 2 amide bonds. The van der Waals surface area contributed by atoms with Gasteiger partial charge in [-0.2, -0.15) is 0 Å². The van der Waals surface area contributed by atoms with Gasteiger partial charge in [0.25, 0.3) is 11.8 Å². The molecule has 0 unspecified atom stereocenters. The molecule has 2 saturated heterocycles. The van der Waals surface area contributed by atoms with Crippen molar-refractivity contribution in [2.24, 2.45) is 0 Å². The number of ether oxygens (including phenoxy) is 2. The first-order chi connectivity index (χ1) is 15.2. The van der Waals surface area contributed by atoms with Crippen LogP contribution < -0.4 is 10.6 Å². The zero-order chi connectivity index (χ0) is 21.5. The summed E-state index contributed by atoms with van der Waals surface area (Å²) in [6, 6.07) is 14.7. The Hall–Kier alpha value is -2.74. The molecule has 7 nitrogen and oxygen atoms in total. The number of morpholine rings is 1. The number of nitrogens with zero attached hydrogens (tertiary/aromatic N) is 1. The highest BCUT2D eigenvalue weighted by Crippen LogP contribution is 2.18.